The lowest BCUT2D eigenvalue weighted by Crippen LogP contribution is -2.34. The van der Waals surface area contributed by atoms with Crippen molar-refractivity contribution in [3.8, 4) is 0 Å². The van der Waals surface area contributed by atoms with Crippen LogP contribution in [0.25, 0.3) is 0 Å². The van der Waals surface area contributed by atoms with Gasteiger partial charge in [-0.25, -0.2) is 0 Å². The van der Waals surface area contributed by atoms with Gasteiger partial charge in [-0.1, -0.05) is 0 Å². The van der Waals surface area contributed by atoms with E-state index in [4.69, 9.17) is 14.6 Å². The van der Waals surface area contributed by atoms with Gasteiger partial charge >= 0.3 is 0 Å². The van der Waals surface area contributed by atoms with E-state index in [1.54, 1.807) is 0 Å². The second-order valence-electron chi connectivity index (χ2n) is 2.75. The number of rotatable bonds is 2. The van der Waals surface area contributed by atoms with E-state index >= 15 is 0 Å². The molecule has 1 saturated heterocycles. The average molecular weight is 162 g/mol. The molecule has 0 aliphatic carbocycles. The molecule has 11 heavy (non-hydrogen) atoms. The molecule has 1 heterocycles. The number of hydrogen-bond donors (Lipinski definition) is 2. The van der Waals surface area contributed by atoms with Gasteiger partial charge in [0.15, 0.2) is 0 Å². The van der Waals surface area contributed by atoms with Gasteiger partial charge in [0, 0.05) is 7.11 Å². The zero-order valence-corrected chi connectivity index (χ0v) is 6.73. The van der Waals surface area contributed by atoms with Crippen LogP contribution in [0.4, 0.5) is 0 Å². The van der Waals surface area contributed by atoms with Crippen molar-refractivity contribution in [2.24, 2.45) is 0 Å². The summed E-state index contributed by atoms with van der Waals surface area (Å²) in [5, 5.41) is 18.1. The molecule has 4 heteroatoms. The van der Waals surface area contributed by atoms with Crippen LogP contribution in [0.15, 0.2) is 0 Å². The maximum absolute atomic E-state index is 9.41. The van der Waals surface area contributed by atoms with Gasteiger partial charge in [0.1, 0.15) is 18.3 Å². The summed E-state index contributed by atoms with van der Waals surface area (Å²) >= 11 is 0. The van der Waals surface area contributed by atoms with Crippen LogP contribution in [0.3, 0.4) is 0 Å². The lowest BCUT2D eigenvalue weighted by molar-refractivity contribution is -0.0175. The van der Waals surface area contributed by atoms with Crippen molar-refractivity contribution in [3.63, 3.8) is 0 Å². The molecule has 1 rings (SSSR count). The summed E-state index contributed by atoms with van der Waals surface area (Å²) in [4.78, 5) is 0. The molecule has 0 amide bonds. The van der Waals surface area contributed by atoms with Crippen molar-refractivity contribution >= 4 is 0 Å². The molecule has 0 spiro atoms. The van der Waals surface area contributed by atoms with E-state index in [-0.39, 0.29) is 18.8 Å². The highest BCUT2D eigenvalue weighted by atomic mass is 16.6. The highest BCUT2D eigenvalue weighted by Gasteiger charge is 2.40. The highest BCUT2D eigenvalue weighted by Crippen LogP contribution is 2.22. The summed E-state index contributed by atoms with van der Waals surface area (Å²) in [5.41, 5.74) is 0. The van der Waals surface area contributed by atoms with Gasteiger partial charge in [-0.3, -0.25) is 0 Å². The molecule has 1 aliphatic heterocycles. The summed E-state index contributed by atoms with van der Waals surface area (Å²) in [6, 6.07) is 0. The first kappa shape index (κ1) is 8.93. The molecule has 0 bridgehead atoms. The Morgan fingerprint density at radius 1 is 1.55 bits per heavy atom. The summed E-state index contributed by atoms with van der Waals surface area (Å²) in [6.45, 7) is 1.65. The molecule has 0 aromatic rings. The number of methoxy groups -OCH3 is 1. The quantitative estimate of drug-likeness (QED) is 0.555. The second kappa shape index (κ2) is 3.49. The van der Waals surface area contributed by atoms with Gasteiger partial charge in [0.25, 0.3) is 0 Å². The van der Waals surface area contributed by atoms with Crippen molar-refractivity contribution in [3.05, 3.63) is 0 Å². The van der Waals surface area contributed by atoms with Crippen LogP contribution in [0.1, 0.15) is 6.92 Å². The van der Waals surface area contributed by atoms with Crippen LogP contribution in [0.5, 0.6) is 0 Å². The molecule has 0 radical (unpaired) electrons. The first-order valence-corrected chi connectivity index (χ1v) is 3.68. The van der Waals surface area contributed by atoms with Gasteiger partial charge in [-0.15, -0.1) is 0 Å². The van der Waals surface area contributed by atoms with E-state index in [2.05, 4.69) is 0 Å². The number of aliphatic hydroxyl groups excluding tert-OH is 2. The Morgan fingerprint density at radius 3 is 2.45 bits per heavy atom. The molecular formula is C7H14O4. The largest absolute Gasteiger partial charge is 0.394 e. The van der Waals surface area contributed by atoms with Gasteiger partial charge in [-0.05, 0) is 6.92 Å². The molecule has 0 aromatic heterocycles. The fourth-order valence-corrected chi connectivity index (χ4v) is 1.40. The van der Waals surface area contributed by atoms with Crippen LogP contribution in [0, 0.1) is 0 Å². The predicted octanol–water partition coefficient (Wildman–Crippen LogP) is -0.858. The summed E-state index contributed by atoms with van der Waals surface area (Å²) < 4.78 is 10.2. The molecule has 1 unspecified atom stereocenters. The lowest BCUT2D eigenvalue weighted by atomic mass is 10.1. The van der Waals surface area contributed by atoms with Gasteiger partial charge in [0.2, 0.25) is 0 Å². The SMILES string of the molecule is CO[C@H]1C(C)O[C@H](CO)[C@H]1O. The standard InChI is InChI=1S/C7H14O4/c1-4-7(10-2)6(9)5(3-8)11-4/h4-9H,3H2,1-2H3/t4?,5-,6-,7+/m1/s1. The molecule has 0 aromatic carbocycles. The maximum Gasteiger partial charge on any atom is 0.111 e. The van der Waals surface area contributed by atoms with Crippen LogP contribution in [-0.4, -0.2) is 48.3 Å². The molecule has 1 fully saturated rings. The molecule has 4 atom stereocenters. The third-order valence-electron chi connectivity index (χ3n) is 2.02. The first-order valence-electron chi connectivity index (χ1n) is 3.68. The maximum atomic E-state index is 9.41. The third kappa shape index (κ3) is 1.54. The summed E-state index contributed by atoms with van der Waals surface area (Å²) in [5.74, 6) is 0. The van der Waals surface area contributed by atoms with E-state index in [1.807, 2.05) is 6.92 Å². The normalized spacial score (nSPS) is 44.7. The molecule has 2 N–H and O–H groups in total. The minimum atomic E-state index is -0.708. The molecule has 1 aliphatic rings. The van der Waals surface area contributed by atoms with Crippen molar-refractivity contribution in [2.75, 3.05) is 13.7 Å². The fraction of sp³-hybridized carbons (Fsp3) is 1.00. The Hall–Kier alpha value is -0.160. The van der Waals surface area contributed by atoms with Crippen LogP contribution >= 0.6 is 0 Å². The van der Waals surface area contributed by atoms with E-state index in [0.717, 1.165) is 0 Å². The Labute approximate surface area is 65.7 Å². The van der Waals surface area contributed by atoms with Crippen LogP contribution < -0.4 is 0 Å². The predicted molar refractivity (Wildman–Crippen MR) is 38.2 cm³/mol. The Morgan fingerprint density at radius 2 is 2.18 bits per heavy atom. The molecule has 66 valence electrons. The monoisotopic (exact) mass is 162 g/mol. The summed E-state index contributed by atoms with van der Waals surface area (Å²) in [7, 11) is 1.52. The van der Waals surface area contributed by atoms with Crippen molar-refractivity contribution < 1.29 is 19.7 Å². The van der Waals surface area contributed by atoms with Crippen molar-refractivity contribution in [1.29, 1.82) is 0 Å². The highest BCUT2D eigenvalue weighted by molar-refractivity contribution is 4.88. The Bertz CT molecular complexity index is 128. The lowest BCUT2D eigenvalue weighted by Gasteiger charge is -2.14. The first-order chi connectivity index (χ1) is 5.20. The smallest absolute Gasteiger partial charge is 0.111 e. The third-order valence-corrected chi connectivity index (χ3v) is 2.02. The van der Waals surface area contributed by atoms with E-state index < -0.39 is 12.2 Å². The molecule has 0 saturated carbocycles. The van der Waals surface area contributed by atoms with Crippen molar-refractivity contribution in [1.82, 2.24) is 0 Å². The molecule has 4 nitrogen and oxygen atoms in total. The summed E-state index contributed by atoms with van der Waals surface area (Å²) in [6.07, 6.45) is -1.66. The number of hydrogen-bond acceptors (Lipinski definition) is 4. The minimum Gasteiger partial charge on any atom is -0.394 e. The van der Waals surface area contributed by atoms with Gasteiger partial charge in [0.05, 0.1) is 12.7 Å². The zero-order chi connectivity index (χ0) is 8.43. The average Bonchev–Trinajstić information content (AvgIpc) is 2.26. The Kier molecular flexibility index (Phi) is 2.84. The van der Waals surface area contributed by atoms with E-state index in [9.17, 15) is 5.11 Å². The van der Waals surface area contributed by atoms with Gasteiger partial charge < -0.3 is 19.7 Å². The van der Waals surface area contributed by atoms with Crippen LogP contribution in [-0.2, 0) is 9.47 Å². The fourth-order valence-electron chi connectivity index (χ4n) is 1.40. The molecular weight excluding hydrogens is 148 g/mol. The number of ether oxygens (including phenoxy) is 2. The second-order valence-corrected chi connectivity index (χ2v) is 2.75. The Balaban J connectivity index is 2.55. The number of aliphatic hydroxyl groups is 2. The van der Waals surface area contributed by atoms with Crippen molar-refractivity contribution in [2.45, 2.75) is 31.3 Å². The van der Waals surface area contributed by atoms with Crippen LogP contribution in [0.2, 0.25) is 0 Å². The van der Waals surface area contributed by atoms with E-state index in [1.165, 1.54) is 7.11 Å². The zero-order valence-electron chi connectivity index (χ0n) is 6.73. The topological polar surface area (TPSA) is 58.9 Å². The van der Waals surface area contributed by atoms with E-state index in [0.29, 0.717) is 0 Å². The minimum absolute atomic E-state index is 0.146. The van der Waals surface area contributed by atoms with Gasteiger partial charge in [-0.2, -0.15) is 0 Å².